The van der Waals surface area contributed by atoms with Crippen LogP contribution in [-0.2, 0) is 11.3 Å². The van der Waals surface area contributed by atoms with Crippen molar-refractivity contribution in [2.75, 3.05) is 13.9 Å². The molecule has 3 aromatic rings. The molecule has 0 fully saturated rings. The van der Waals surface area contributed by atoms with Gasteiger partial charge in [-0.3, -0.25) is 0 Å². The first kappa shape index (κ1) is 22.4. The summed E-state index contributed by atoms with van der Waals surface area (Å²) in [5, 5.41) is 0.668. The van der Waals surface area contributed by atoms with Gasteiger partial charge in [-0.2, -0.15) is 0 Å². The van der Waals surface area contributed by atoms with Crippen molar-refractivity contribution in [2.24, 2.45) is 0 Å². The van der Waals surface area contributed by atoms with E-state index in [4.69, 9.17) is 14.2 Å². The van der Waals surface area contributed by atoms with Crippen LogP contribution < -0.4 is 14.7 Å². The molecule has 0 saturated heterocycles. The minimum atomic E-state index is -2.06. The number of ether oxygens (including phenoxy) is 3. The second-order valence-electron chi connectivity index (χ2n) is 7.88. The first-order valence-corrected chi connectivity index (χ1v) is 14.1. The lowest BCUT2D eigenvalue weighted by atomic mass is 10.2. The SMILES string of the molecule is COCOc1cc(OCc2ccccc2)c([Si](C)(C)C)c(F)c1Sc1ccccc1. The zero-order valence-electron chi connectivity index (χ0n) is 17.8. The zero-order valence-corrected chi connectivity index (χ0v) is 19.6. The second-order valence-corrected chi connectivity index (χ2v) is 14.0. The van der Waals surface area contributed by atoms with Crippen molar-refractivity contribution in [3.63, 3.8) is 0 Å². The summed E-state index contributed by atoms with van der Waals surface area (Å²) in [6.07, 6.45) is 0. The third-order valence-electron chi connectivity index (χ3n) is 4.43. The maximum absolute atomic E-state index is 15.9. The van der Waals surface area contributed by atoms with E-state index in [1.54, 1.807) is 7.11 Å². The number of benzene rings is 3. The maximum Gasteiger partial charge on any atom is 0.188 e. The lowest BCUT2D eigenvalue weighted by Gasteiger charge is -2.25. The van der Waals surface area contributed by atoms with Gasteiger partial charge in [0.1, 0.15) is 23.9 Å². The Morgan fingerprint density at radius 3 is 2.10 bits per heavy atom. The normalized spacial score (nSPS) is 11.4. The van der Waals surface area contributed by atoms with Gasteiger partial charge in [0.25, 0.3) is 0 Å². The highest BCUT2D eigenvalue weighted by molar-refractivity contribution is 7.99. The van der Waals surface area contributed by atoms with Crippen molar-refractivity contribution in [3.05, 3.63) is 78.1 Å². The van der Waals surface area contributed by atoms with E-state index in [-0.39, 0.29) is 12.6 Å². The molecule has 6 heteroatoms. The Kier molecular flexibility index (Phi) is 7.58. The fourth-order valence-corrected chi connectivity index (χ4v) is 5.76. The Balaban J connectivity index is 2.05. The summed E-state index contributed by atoms with van der Waals surface area (Å²) in [6.45, 7) is 6.76. The molecule has 3 nitrogen and oxygen atoms in total. The number of halogens is 1. The lowest BCUT2D eigenvalue weighted by molar-refractivity contribution is 0.0485. The highest BCUT2D eigenvalue weighted by Gasteiger charge is 2.30. The molecule has 0 N–H and O–H groups in total. The fourth-order valence-electron chi connectivity index (χ4n) is 3.07. The van der Waals surface area contributed by atoms with Gasteiger partial charge in [0.05, 0.1) is 13.0 Å². The summed E-state index contributed by atoms with van der Waals surface area (Å²) in [5.41, 5.74) is 1.03. The molecule has 0 aliphatic heterocycles. The number of hydrogen-bond donors (Lipinski definition) is 0. The van der Waals surface area contributed by atoms with Gasteiger partial charge in [0.15, 0.2) is 6.79 Å². The van der Waals surface area contributed by atoms with Gasteiger partial charge in [-0.05, 0) is 17.7 Å². The molecule has 0 aliphatic rings. The van der Waals surface area contributed by atoms with E-state index < -0.39 is 8.07 Å². The van der Waals surface area contributed by atoms with Crippen LogP contribution in [0.2, 0.25) is 19.6 Å². The molecule has 0 atom stereocenters. The van der Waals surface area contributed by atoms with Gasteiger partial charge < -0.3 is 14.2 Å². The van der Waals surface area contributed by atoms with E-state index >= 15 is 4.39 Å². The predicted octanol–water partition coefficient (Wildman–Crippen LogP) is 6.08. The Bertz CT molecular complexity index is 960. The smallest absolute Gasteiger partial charge is 0.188 e. The van der Waals surface area contributed by atoms with E-state index in [9.17, 15) is 0 Å². The van der Waals surface area contributed by atoms with Crippen LogP contribution >= 0.6 is 11.8 Å². The third kappa shape index (κ3) is 5.65. The minimum Gasteiger partial charge on any atom is -0.489 e. The van der Waals surface area contributed by atoms with Crippen molar-refractivity contribution in [1.29, 1.82) is 0 Å². The van der Waals surface area contributed by atoms with Crippen molar-refractivity contribution in [2.45, 2.75) is 36.0 Å². The summed E-state index contributed by atoms with van der Waals surface area (Å²) in [5.74, 6) is 0.701. The van der Waals surface area contributed by atoms with E-state index in [0.29, 0.717) is 28.2 Å². The Hall–Kier alpha value is -2.28. The summed E-state index contributed by atoms with van der Waals surface area (Å²) in [6, 6.07) is 21.4. The molecule has 0 spiro atoms. The van der Waals surface area contributed by atoms with Crippen LogP contribution in [0.3, 0.4) is 0 Å². The first-order valence-electron chi connectivity index (χ1n) is 9.78. The third-order valence-corrected chi connectivity index (χ3v) is 7.49. The monoisotopic (exact) mass is 442 g/mol. The van der Waals surface area contributed by atoms with Crippen LogP contribution in [0.4, 0.5) is 4.39 Å². The average Bonchev–Trinajstić information content (AvgIpc) is 2.73. The molecule has 0 radical (unpaired) electrons. The van der Waals surface area contributed by atoms with Gasteiger partial charge >= 0.3 is 0 Å². The molecule has 0 aliphatic carbocycles. The van der Waals surface area contributed by atoms with Crippen molar-refractivity contribution in [3.8, 4) is 11.5 Å². The van der Waals surface area contributed by atoms with E-state index in [2.05, 4.69) is 19.6 Å². The van der Waals surface area contributed by atoms with Crippen LogP contribution in [0.5, 0.6) is 11.5 Å². The number of rotatable bonds is 9. The summed E-state index contributed by atoms with van der Waals surface area (Å²) >= 11 is 1.36. The lowest BCUT2D eigenvalue weighted by Crippen LogP contribution is -2.41. The van der Waals surface area contributed by atoms with E-state index in [0.717, 1.165) is 10.5 Å². The Morgan fingerprint density at radius 1 is 0.867 bits per heavy atom. The van der Waals surface area contributed by atoms with Crippen LogP contribution in [0.25, 0.3) is 0 Å². The molecule has 0 heterocycles. The quantitative estimate of drug-likeness (QED) is 0.296. The van der Waals surface area contributed by atoms with Gasteiger partial charge in [-0.15, -0.1) is 0 Å². The first-order chi connectivity index (χ1) is 14.4. The summed E-state index contributed by atoms with van der Waals surface area (Å²) < 4.78 is 32.9. The molecule has 0 bridgehead atoms. The number of hydrogen-bond acceptors (Lipinski definition) is 4. The molecule has 0 aromatic heterocycles. The van der Waals surface area contributed by atoms with E-state index in [1.807, 2.05) is 66.7 Å². The van der Waals surface area contributed by atoms with E-state index in [1.165, 1.54) is 11.8 Å². The topological polar surface area (TPSA) is 27.7 Å². The number of methoxy groups -OCH3 is 1. The molecule has 3 aromatic carbocycles. The molecular formula is C24H27FO3SSi. The van der Waals surface area contributed by atoms with Crippen LogP contribution in [0, 0.1) is 5.82 Å². The highest BCUT2D eigenvalue weighted by atomic mass is 32.2. The van der Waals surface area contributed by atoms with Crippen molar-refractivity contribution in [1.82, 2.24) is 0 Å². The van der Waals surface area contributed by atoms with Crippen molar-refractivity contribution >= 4 is 25.0 Å². The van der Waals surface area contributed by atoms with Gasteiger partial charge in [-0.1, -0.05) is 79.9 Å². The van der Waals surface area contributed by atoms with Gasteiger partial charge in [0, 0.05) is 23.3 Å². The van der Waals surface area contributed by atoms with Gasteiger partial charge in [-0.25, -0.2) is 4.39 Å². The van der Waals surface area contributed by atoms with Crippen LogP contribution in [0.1, 0.15) is 5.56 Å². The van der Waals surface area contributed by atoms with Crippen LogP contribution in [0.15, 0.2) is 76.5 Å². The molecule has 30 heavy (non-hydrogen) atoms. The molecule has 0 amide bonds. The average molecular weight is 443 g/mol. The maximum atomic E-state index is 15.9. The largest absolute Gasteiger partial charge is 0.489 e. The zero-order chi connectivity index (χ0) is 21.6. The van der Waals surface area contributed by atoms with Gasteiger partial charge in [0.2, 0.25) is 0 Å². The molecule has 3 rings (SSSR count). The predicted molar refractivity (Wildman–Crippen MR) is 123 cm³/mol. The summed E-state index contributed by atoms with van der Waals surface area (Å²) in [4.78, 5) is 1.40. The standard InChI is InChI=1S/C24H27FO3SSi/c1-26-17-28-20-15-21(27-16-18-11-7-5-8-12-18)24(30(2,3)4)22(25)23(20)29-19-13-9-6-10-14-19/h5-15H,16-17H2,1-4H3. The molecule has 0 unspecified atom stereocenters. The highest BCUT2D eigenvalue weighted by Crippen LogP contribution is 2.40. The molecular weight excluding hydrogens is 415 g/mol. The fraction of sp³-hybridized carbons (Fsp3) is 0.250. The van der Waals surface area contributed by atoms with Crippen LogP contribution in [-0.4, -0.2) is 22.0 Å². The van der Waals surface area contributed by atoms with Crippen molar-refractivity contribution < 1.29 is 18.6 Å². The molecule has 0 saturated carbocycles. The second kappa shape index (κ2) is 10.2. The minimum absolute atomic E-state index is 0.0339. The Morgan fingerprint density at radius 2 is 1.50 bits per heavy atom. The molecule has 158 valence electrons. The Labute approximate surface area is 183 Å². The summed E-state index contributed by atoms with van der Waals surface area (Å²) in [7, 11) is -0.518.